The summed E-state index contributed by atoms with van der Waals surface area (Å²) < 4.78 is 7.62. The van der Waals surface area contributed by atoms with Crippen LogP contribution in [0.1, 0.15) is 0 Å². The summed E-state index contributed by atoms with van der Waals surface area (Å²) in [5.74, 6) is 0. The normalized spacial score (nSPS) is 12.1. The maximum Gasteiger partial charge on any atom is 0.179 e. The van der Waals surface area contributed by atoms with E-state index < -0.39 is 8.07 Å². The van der Waals surface area contributed by atoms with Gasteiger partial charge in [0.25, 0.3) is 0 Å². The molecule has 0 unspecified atom stereocenters. The lowest BCUT2D eigenvalue weighted by Gasteiger charge is -2.34. The standard InChI is InChI=1S/C60H40N2SSi/c1-4-20-43(21-5-1)64(44-22-6-2-7-23-44,45-24-8-3-9-25-45)46-26-16-19-41(39-46)62-56-38-37-42(61-54-33-13-10-27-47(54)48-28-11-14-34-55(48)61)40-53(56)51-32-17-31-50(60(51)62)49-30-18-36-58-59(49)52-29-12-15-35-57(52)63-58/h1-40H. The van der Waals surface area contributed by atoms with Crippen molar-refractivity contribution in [1.82, 2.24) is 9.13 Å². The lowest BCUT2D eigenvalue weighted by molar-refractivity contribution is 1.17. The Bertz CT molecular complexity index is 3750. The monoisotopic (exact) mass is 848 g/mol. The van der Waals surface area contributed by atoms with E-state index in [9.17, 15) is 0 Å². The number of fused-ring (bicyclic) bond motifs is 9. The van der Waals surface area contributed by atoms with E-state index >= 15 is 0 Å². The Morgan fingerprint density at radius 1 is 0.297 bits per heavy atom. The van der Waals surface area contributed by atoms with Gasteiger partial charge in [0.05, 0.1) is 22.1 Å². The van der Waals surface area contributed by atoms with Gasteiger partial charge >= 0.3 is 0 Å². The van der Waals surface area contributed by atoms with Crippen LogP contribution in [0.5, 0.6) is 0 Å². The molecule has 0 aliphatic carbocycles. The van der Waals surface area contributed by atoms with Crippen molar-refractivity contribution in [2.75, 3.05) is 0 Å². The first-order valence-electron chi connectivity index (χ1n) is 22.0. The van der Waals surface area contributed by atoms with Crippen LogP contribution in [0.3, 0.4) is 0 Å². The number of rotatable bonds is 7. The zero-order valence-corrected chi connectivity index (χ0v) is 36.7. The van der Waals surface area contributed by atoms with Gasteiger partial charge in [-0.15, -0.1) is 11.3 Å². The first-order chi connectivity index (χ1) is 31.8. The number of thiophene rings is 1. The molecule has 0 aliphatic heterocycles. The average molecular weight is 849 g/mol. The summed E-state index contributed by atoms with van der Waals surface area (Å²) >= 11 is 1.88. The van der Waals surface area contributed by atoms with Gasteiger partial charge in [-0.25, -0.2) is 0 Å². The van der Waals surface area contributed by atoms with Crippen LogP contribution in [0, 0.1) is 0 Å². The maximum atomic E-state index is 2.56. The SMILES string of the molecule is c1ccc([Si](c2ccccc2)(c2ccccc2)c2cccc(-n3c4ccc(-n5c6ccccc6c6ccccc65)cc4c4cccc(-c5cccc6sc7ccccc7c56)c43)c2)cc1. The van der Waals surface area contributed by atoms with Crippen molar-refractivity contribution in [3.8, 4) is 22.5 Å². The quantitative estimate of drug-likeness (QED) is 0.112. The summed E-state index contributed by atoms with van der Waals surface area (Å²) in [6.07, 6.45) is 0. The second kappa shape index (κ2) is 14.7. The van der Waals surface area contributed by atoms with Crippen LogP contribution in [0.25, 0.3) is 86.3 Å². The molecule has 300 valence electrons. The predicted octanol–water partition coefficient (Wildman–Crippen LogP) is 13.3. The fourth-order valence-corrected chi connectivity index (χ4v) is 16.7. The highest BCUT2D eigenvalue weighted by atomic mass is 32.1. The molecule has 0 bridgehead atoms. The molecule has 4 heteroatoms. The second-order valence-corrected chi connectivity index (χ2v) is 21.7. The second-order valence-electron chi connectivity index (χ2n) is 16.8. The molecule has 0 radical (unpaired) electrons. The number of hydrogen-bond acceptors (Lipinski definition) is 1. The predicted molar refractivity (Wildman–Crippen MR) is 277 cm³/mol. The molecule has 0 atom stereocenters. The van der Waals surface area contributed by atoms with Crippen molar-refractivity contribution < 1.29 is 0 Å². The van der Waals surface area contributed by atoms with Gasteiger partial charge in [-0.3, -0.25) is 0 Å². The van der Waals surface area contributed by atoms with Gasteiger partial charge in [-0.1, -0.05) is 188 Å². The van der Waals surface area contributed by atoms with E-state index in [-0.39, 0.29) is 0 Å². The fraction of sp³-hybridized carbons (Fsp3) is 0. The highest BCUT2D eigenvalue weighted by molar-refractivity contribution is 7.26. The van der Waals surface area contributed by atoms with E-state index in [1.165, 1.54) is 95.7 Å². The molecule has 0 N–H and O–H groups in total. The molecular formula is C60H40N2SSi. The van der Waals surface area contributed by atoms with Crippen LogP contribution >= 0.6 is 11.3 Å². The zero-order valence-electron chi connectivity index (χ0n) is 34.9. The Balaban J connectivity index is 1.14. The Labute approximate surface area is 376 Å². The molecule has 2 nitrogen and oxygen atoms in total. The zero-order chi connectivity index (χ0) is 42.2. The van der Waals surface area contributed by atoms with Crippen molar-refractivity contribution in [2.45, 2.75) is 0 Å². The summed E-state index contributed by atoms with van der Waals surface area (Å²) in [6.45, 7) is 0. The van der Waals surface area contributed by atoms with Crippen LogP contribution in [0.4, 0.5) is 0 Å². The molecule has 10 aromatic carbocycles. The third kappa shape index (κ3) is 5.43. The number of hydrogen-bond donors (Lipinski definition) is 0. The Kier molecular flexibility index (Phi) is 8.45. The molecular weight excluding hydrogens is 809 g/mol. The van der Waals surface area contributed by atoms with E-state index in [0.29, 0.717) is 0 Å². The summed E-state index contributed by atoms with van der Waals surface area (Å²) in [4.78, 5) is 0. The highest BCUT2D eigenvalue weighted by Crippen LogP contribution is 2.45. The molecule has 0 saturated carbocycles. The van der Waals surface area contributed by atoms with Crippen molar-refractivity contribution in [1.29, 1.82) is 0 Å². The third-order valence-electron chi connectivity index (χ3n) is 13.5. The molecule has 0 fully saturated rings. The van der Waals surface area contributed by atoms with Gasteiger partial charge in [0.15, 0.2) is 8.07 Å². The number of nitrogens with zero attached hydrogens (tertiary/aromatic N) is 2. The van der Waals surface area contributed by atoms with E-state index in [2.05, 4.69) is 252 Å². The minimum atomic E-state index is -2.83. The topological polar surface area (TPSA) is 9.86 Å². The molecule has 0 amide bonds. The fourth-order valence-electron chi connectivity index (χ4n) is 10.8. The smallest absolute Gasteiger partial charge is 0.179 e. The van der Waals surface area contributed by atoms with Gasteiger partial charge in [0, 0.05) is 58.7 Å². The first-order valence-corrected chi connectivity index (χ1v) is 24.8. The van der Waals surface area contributed by atoms with E-state index in [0.717, 1.165) is 11.4 Å². The summed E-state index contributed by atoms with van der Waals surface area (Å²) in [5.41, 5.74) is 9.59. The van der Waals surface area contributed by atoms with Crippen molar-refractivity contribution in [3.05, 3.63) is 243 Å². The lowest BCUT2D eigenvalue weighted by Crippen LogP contribution is -2.74. The average Bonchev–Trinajstić information content (AvgIpc) is 4.03. The minimum absolute atomic E-state index is 1.15. The third-order valence-corrected chi connectivity index (χ3v) is 19.4. The van der Waals surface area contributed by atoms with Crippen molar-refractivity contribution in [2.24, 2.45) is 0 Å². The Morgan fingerprint density at radius 2 is 0.781 bits per heavy atom. The molecule has 64 heavy (non-hydrogen) atoms. The first kappa shape index (κ1) is 36.9. The van der Waals surface area contributed by atoms with Crippen LogP contribution < -0.4 is 20.7 Å². The van der Waals surface area contributed by atoms with Crippen molar-refractivity contribution in [3.63, 3.8) is 0 Å². The Morgan fingerprint density at radius 3 is 1.45 bits per heavy atom. The van der Waals surface area contributed by atoms with E-state index in [1.807, 2.05) is 11.3 Å². The molecule has 0 aliphatic rings. The maximum absolute atomic E-state index is 2.83. The van der Waals surface area contributed by atoms with Gasteiger partial charge in [-0.05, 0) is 80.9 Å². The summed E-state index contributed by atoms with van der Waals surface area (Å²) in [6, 6.07) is 90.6. The molecule has 3 aromatic heterocycles. The number of para-hydroxylation sites is 3. The van der Waals surface area contributed by atoms with Crippen molar-refractivity contribution >= 4 is 104 Å². The molecule has 3 heterocycles. The van der Waals surface area contributed by atoms with Crippen LogP contribution in [0.2, 0.25) is 0 Å². The highest BCUT2D eigenvalue weighted by Gasteiger charge is 2.41. The van der Waals surface area contributed by atoms with Crippen LogP contribution in [-0.2, 0) is 0 Å². The van der Waals surface area contributed by atoms with Gasteiger partial charge in [0.2, 0.25) is 0 Å². The van der Waals surface area contributed by atoms with Gasteiger partial charge < -0.3 is 9.13 Å². The molecule has 13 rings (SSSR count). The lowest BCUT2D eigenvalue weighted by atomic mass is 9.97. The summed E-state index contributed by atoms with van der Waals surface area (Å²) in [7, 11) is -2.83. The molecule has 13 aromatic rings. The van der Waals surface area contributed by atoms with Crippen LogP contribution in [-0.4, -0.2) is 17.2 Å². The van der Waals surface area contributed by atoms with Crippen LogP contribution in [0.15, 0.2) is 243 Å². The van der Waals surface area contributed by atoms with Gasteiger partial charge in [0.1, 0.15) is 0 Å². The summed E-state index contributed by atoms with van der Waals surface area (Å²) in [5, 5.41) is 13.0. The molecule has 0 saturated heterocycles. The largest absolute Gasteiger partial charge is 0.309 e. The Hall–Kier alpha value is -7.76. The number of benzene rings is 10. The molecule has 0 spiro atoms. The number of aromatic nitrogens is 2. The minimum Gasteiger partial charge on any atom is -0.309 e. The van der Waals surface area contributed by atoms with E-state index in [4.69, 9.17) is 0 Å². The van der Waals surface area contributed by atoms with Gasteiger partial charge in [-0.2, -0.15) is 0 Å². The van der Waals surface area contributed by atoms with E-state index in [1.54, 1.807) is 0 Å².